The second-order valence-electron chi connectivity index (χ2n) is 4.97. The summed E-state index contributed by atoms with van der Waals surface area (Å²) in [6.45, 7) is 0. The molecule has 0 radical (unpaired) electrons. The van der Waals surface area contributed by atoms with Crippen LogP contribution in [0.25, 0.3) is 0 Å². The van der Waals surface area contributed by atoms with E-state index in [2.05, 4.69) is 0 Å². The largest absolute Gasteiger partial charge is 0.390 e. The lowest BCUT2D eigenvalue weighted by atomic mass is 9.79. The maximum absolute atomic E-state index is 13.1. The minimum Gasteiger partial charge on any atom is -0.390 e. The quantitative estimate of drug-likeness (QED) is 0.877. The van der Waals surface area contributed by atoms with Crippen LogP contribution in [0.1, 0.15) is 31.2 Å². The van der Waals surface area contributed by atoms with Gasteiger partial charge >= 0.3 is 0 Å². The second-order valence-corrected chi connectivity index (χ2v) is 4.97. The van der Waals surface area contributed by atoms with Crippen molar-refractivity contribution in [3.05, 3.63) is 35.6 Å². The van der Waals surface area contributed by atoms with E-state index in [9.17, 15) is 9.50 Å². The Labute approximate surface area is 101 Å². The molecule has 0 bridgehead atoms. The number of halogens is 1. The lowest BCUT2D eigenvalue weighted by Crippen LogP contribution is -2.38. The molecule has 0 aliphatic heterocycles. The maximum atomic E-state index is 13.1. The van der Waals surface area contributed by atoms with E-state index in [1.807, 2.05) is 6.07 Å². The Morgan fingerprint density at radius 2 is 2.12 bits per heavy atom. The Hall–Kier alpha value is -0.930. The molecule has 1 aromatic carbocycles. The molecule has 0 amide bonds. The van der Waals surface area contributed by atoms with E-state index < -0.39 is 5.60 Å². The number of aliphatic hydroxyl groups is 1. The van der Waals surface area contributed by atoms with Crippen LogP contribution in [-0.2, 0) is 11.2 Å². The second kappa shape index (κ2) is 5.15. The molecule has 0 aromatic heterocycles. The summed E-state index contributed by atoms with van der Waals surface area (Å²) in [5.74, 6) is -0.239. The smallest absolute Gasteiger partial charge is 0.123 e. The van der Waals surface area contributed by atoms with Crippen LogP contribution in [0.3, 0.4) is 0 Å². The summed E-state index contributed by atoms with van der Waals surface area (Å²) in [5, 5.41) is 10.5. The zero-order valence-corrected chi connectivity index (χ0v) is 10.2. The van der Waals surface area contributed by atoms with Gasteiger partial charge in [0.25, 0.3) is 0 Å². The Morgan fingerprint density at radius 1 is 1.41 bits per heavy atom. The van der Waals surface area contributed by atoms with Crippen molar-refractivity contribution < 1.29 is 14.2 Å². The highest BCUT2D eigenvalue weighted by Crippen LogP contribution is 2.32. The van der Waals surface area contributed by atoms with Gasteiger partial charge in [-0.25, -0.2) is 4.39 Å². The van der Waals surface area contributed by atoms with E-state index in [4.69, 9.17) is 4.74 Å². The Balaban J connectivity index is 1.99. The van der Waals surface area contributed by atoms with Crippen molar-refractivity contribution in [2.24, 2.45) is 0 Å². The summed E-state index contributed by atoms with van der Waals surface area (Å²) < 4.78 is 18.3. The van der Waals surface area contributed by atoms with Crippen molar-refractivity contribution in [3.63, 3.8) is 0 Å². The third kappa shape index (κ3) is 3.27. The average molecular weight is 238 g/mol. The van der Waals surface area contributed by atoms with Crippen LogP contribution in [0, 0.1) is 5.82 Å². The van der Waals surface area contributed by atoms with Crippen molar-refractivity contribution in [1.29, 1.82) is 0 Å². The van der Waals surface area contributed by atoms with Crippen LogP contribution in [0.15, 0.2) is 24.3 Å². The third-order valence-electron chi connectivity index (χ3n) is 3.62. The topological polar surface area (TPSA) is 29.5 Å². The zero-order valence-electron chi connectivity index (χ0n) is 10.2. The Bertz CT molecular complexity index is 370. The summed E-state index contributed by atoms with van der Waals surface area (Å²) in [6, 6.07) is 6.48. The molecule has 0 unspecified atom stereocenters. The minimum absolute atomic E-state index is 0.239. The molecule has 1 N–H and O–H groups in total. The highest BCUT2D eigenvalue weighted by atomic mass is 19.1. The van der Waals surface area contributed by atoms with Gasteiger partial charge in [0.2, 0.25) is 0 Å². The van der Waals surface area contributed by atoms with Crippen molar-refractivity contribution in [1.82, 2.24) is 0 Å². The average Bonchev–Trinajstić information content (AvgIpc) is 2.29. The van der Waals surface area contributed by atoms with Gasteiger partial charge in [0.1, 0.15) is 5.82 Å². The predicted octanol–water partition coefficient (Wildman–Crippen LogP) is 2.69. The molecule has 1 saturated carbocycles. The Kier molecular flexibility index (Phi) is 3.79. The number of rotatable bonds is 3. The molecule has 94 valence electrons. The van der Waals surface area contributed by atoms with Crippen LogP contribution in [0.2, 0.25) is 0 Å². The van der Waals surface area contributed by atoms with Crippen LogP contribution in [0.5, 0.6) is 0 Å². The number of benzene rings is 1. The first-order valence-electron chi connectivity index (χ1n) is 6.11. The van der Waals surface area contributed by atoms with Gasteiger partial charge in [0.15, 0.2) is 0 Å². The normalized spacial score (nSPS) is 29.2. The predicted molar refractivity (Wildman–Crippen MR) is 64.3 cm³/mol. The van der Waals surface area contributed by atoms with E-state index in [0.717, 1.165) is 31.2 Å². The van der Waals surface area contributed by atoms with Gasteiger partial charge in [-0.1, -0.05) is 12.1 Å². The van der Waals surface area contributed by atoms with E-state index >= 15 is 0 Å². The van der Waals surface area contributed by atoms with Crippen LogP contribution >= 0.6 is 0 Å². The fourth-order valence-corrected chi connectivity index (χ4v) is 2.57. The third-order valence-corrected chi connectivity index (χ3v) is 3.62. The minimum atomic E-state index is -0.692. The van der Waals surface area contributed by atoms with Gasteiger partial charge in [-0.05, 0) is 43.4 Å². The lowest BCUT2D eigenvalue weighted by molar-refractivity contribution is -0.0427. The molecule has 0 saturated heterocycles. The number of ether oxygens (including phenoxy) is 1. The summed E-state index contributed by atoms with van der Waals surface area (Å²) in [7, 11) is 1.71. The zero-order chi connectivity index (χ0) is 12.3. The van der Waals surface area contributed by atoms with Crippen molar-refractivity contribution in [3.8, 4) is 0 Å². The molecular formula is C14H19FO2. The summed E-state index contributed by atoms with van der Waals surface area (Å²) in [4.78, 5) is 0. The number of hydrogen-bond acceptors (Lipinski definition) is 2. The first kappa shape index (κ1) is 12.5. The summed E-state index contributed by atoms with van der Waals surface area (Å²) in [5.41, 5.74) is 0.173. The molecule has 0 atom stereocenters. The molecule has 2 rings (SSSR count). The van der Waals surface area contributed by atoms with Crippen LogP contribution < -0.4 is 0 Å². The molecular weight excluding hydrogens is 219 g/mol. The van der Waals surface area contributed by atoms with E-state index in [1.54, 1.807) is 13.2 Å². The fourth-order valence-electron chi connectivity index (χ4n) is 2.57. The van der Waals surface area contributed by atoms with Crippen molar-refractivity contribution in [2.75, 3.05) is 7.11 Å². The lowest BCUT2D eigenvalue weighted by Gasteiger charge is -2.35. The first-order chi connectivity index (χ1) is 8.11. The molecule has 17 heavy (non-hydrogen) atoms. The molecule has 0 heterocycles. The number of hydrogen-bond donors (Lipinski definition) is 1. The molecule has 1 aliphatic carbocycles. The highest BCUT2D eigenvalue weighted by molar-refractivity contribution is 5.18. The van der Waals surface area contributed by atoms with Gasteiger partial charge in [-0.2, -0.15) is 0 Å². The van der Waals surface area contributed by atoms with Gasteiger partial charge in [-0.3, -0.25) is 0 Å². The SMILES string of the molecule is COC1CCC(O)(Cc2cccc(F)c2)CC1. The van der Waals surface area contributed by atoms with Gasteiger partial charge in [0, 0.05) is 13.5 Å². The van der Waals surface area contributed by atoms with Crippen LogP contribution in [0.4, 0.5) is 4.39 Å². The van der Waals surface area contributed by atoms with E-state index in [-0.39, 0.29) is 11.9 Å². The van der Waals surface area contributed by atoms with E-state index in [0.29, 0.717) is 6.42 Å². The van der Waals surface area contributed by atoms with Gasteiger partial charge in [0.05, 0.1) is 11.7 Å². The van der Waals surface area contributed by atoms with Crippen LogP contribution in [-0.4, -0.2) is 23.9 Å². The van der Waals surface area contributed by atoms with Gasteiger partial charge < -0.3 is 9.84 Å². The summed E-state index contributed by atoms with van der Waals surface area (Å²) in [6.07, 6.45) is 4.00. The molecule has 2 nitrogen and oxygen atoms in total. The van der Waals surface area contributed by atoms with Gasteiger partial charge in [-0.15, -0.1) is 0 Å². The Morgan fingerprint density at radius 3 is 2.71 bits per heavy atom. The molecule has 3 heteroatoms. The first-order valence-corrected chi connectivity index (χ1v) is 6.11. The molecule has 1 fully saturated rings. The molecule has 0 spiro atoms. The monoisotopic (exact) mass is 238 g/mol. The van der Waals surface area contributed by atoms with E-state index in [1.165, 1.54) is 12.1 Å². The molecule has 1 aromatic rings. The molecule has 1 aliphatic rings. The maximum Gasteiger partial charge on any atom is 0.123 e. The standard InChI is InChI=1S/C14H19FO2/c1-17-13-5-7-14(16,8-6-13)10-11-3-2-4-12(15)9-11/h2-4,9,13,16H,5-8,10H2,1H3. The fraction of sp³-hybridized carbons (Fsp3) is 0.571. The number of methoxy groups -OCH3 is 1. The van der Waals surface area contributed by atoms with Crippen molar-refractivity contribution in [2.45, 2.75) is 43.8 Å². The summed E-state index contributed by atoms with van der Waals surface area (Å²) >= 11 is 0. The van der Waals surface area contributed by atoms with Crippen molar-refractivity contribution >= 4 is 0 Å². The highest BCUT2D eigenvalue weighted by Gasteiger charge is 2.33.